The van der Waals surface area contributed by atoms with E-state index in [1.807, 2.05) is 66.7 Å². The van der Waals surface area contributed by atoms with Gasteiger partial charge in [0, 0.05) is 12.5 Å². The van der Waals surface area contributed by atoms with Crippen molar-refractivity contribution in [2.75, 3.05) is 13.1 Å². The van der Waals surface area contributed by atoms with Crippen molar-refractivity contribution in [1.29, 1.82) is 0 Å². The average Bonchev–Trinajstić information content (AvgIpc) is 2.75. The summed E-state index contributed by atoms with van der Waals surface area (Å²) in [6.07, 6.45) is 0.648. The van der Waals surface area contributed by atoms with E-state index < -0.39 is 0 Å². The molecule has 4 heteroatoms. The molecule has 1 saturated heterocycles. The lowest BCUT2D eigenvalue weighted by molar-refractivity contribution is 0.0182. The predicted molar refractivity (Wildman–Crippen MR) is 109 cm³/mol. The summed E-state index contributed by atoms with van der Waals surface area (Å²) in [6, 6.07) is 24.8. The molecule has 1 aliphatic heterocycles. The first kappa shape index (κ1) is 18.3. The zero-order valence-electron chi connectivity index (χ0n) is 15.5. The summed E-state index contributed by atoms with van der Waals surface area (Å²) in [6.45, 7) is 1.50. The van der Waals surface area contributed by atoms with Crippen molar-refractivity contribution < 1.29 is 14.6 Å². The van der Waals surface area contributed by atoms with Crippen LogP contribution in [0.1, 0.15) is 28.3 Å². The second kappa shape index (κ2) is 8.28. The maximum Gasteiger partial charge on any atom is 0.338 e. The molecule has 1 unspecified atom stereocenters. The number of ether oxygens (including phenoxy) is 1. The van der Waals surface area contributed by atoms with Crippen LogP contribution in [-0.4, -0.2) is 30.3 Å². The number of benzene rings is 3. The van der Waals surface area contributed by atoms with Crippen molar-refractivity contribution in [3.05, 3.63) is 90.0 Å². The van der Waals surface area contributed by atoms with Crippen LogP contribution < -0.4 is 5.32 Å². The maximum absolute atomic E-state index is 12.7. The van der Waals surface area contributed by atoms with E-state index in [9.17, 15) is 9.90 Å². The number of nitrogens with one attached hydrogen (secondary N) is 1. The minimum Gasteiger partial charge on any atom is -0.508 e. The number of phenols is 1. The zero-order chi connectivity index (χ0) is 19.3. The predicted octanol–water partition coefficient (Wildman–Crippen LogP) is 4.36. The van der Waals surface area contributed by atoms with Crippen molar-refractivity contribution in [2.24, 2.45) is 0 Å². The van der Waals surface area contributed by atoms with Crippen LogP contribution in [0.25, 0.3) is 11.1 Å². The molecule has 0 amide bonds. The summed E-state index contributed by atoms with van der Waals surface area (Å²) in [4.78, 5) is 12.7. The second-order valence-electron chi connectivity index (χ2n) is 7.08. The molecule has 0 spiro atoms. The Kier molecular flexibility index (Phi) is 5.40. The Labute approximate surface area is 164 Å². The minimum atomic E-state index is -0.308. The highest BCUT2D eigenvalue weighted by Crippen LogP contribution is 2.29. The smallest absolute Gasteiger partial charge is 0.338 e. The molecule has 4 rings (SSSR count). The molecule has 2 N–H and O–H groups in total. The van der Waals surface area contributed by atoms with Crippen molar-refractivity contribution in [3.8, 4) is 16.9 Å². The normalized spacial score (nSPS) is 19.1. The monoisotopic (exact) mass is 373 g/mol. The highest BCUT2D eigenvalue weighted by molar-refractivity contribution is 5.90. The molecule has 0 aromatic heterocycles. The lowest BCUT2D eigenvalue weighted by atomic mass is 9.87. The molecule has 28 heavy (non-hydrogen) atoms. The summed E-state index contributed by atoms with van der Waals surface area (Å²) in [5, 5.41) is 12.8. The van der Waals surface area contributed by atoms with Crippen molar-refractivity contribution >= 4 is 5.97 Å². The van der Waals surface area contributed by atoms with Gasteiger partial charge >= 0.3 is 5.97 Å². The molecule has 4 nitrogen and oxygen atoms in total. The third-order valence-electron chi connectivity index (χ3n) is 5.23. The van der Waals surface area contributed by atoms with Crippen LogP contribution >= 0.6 is 0 Å². The first-order valence-corrected chi connectivity index (χ1v) is 9.57. The van der Waals surface area contributed by atoms with Gasteiger partial charge in [-0.2, -0.15) is 0 Å². The summed E-state index contributed by atoms with van der Waals surface area (Å²) in [7, 11) is 0. The Balaban J connectivity index is 1.47. The Morgan fingerprint density at radius 3 is 2.29 bits per heavy atom. The summed E-state index contributed by atoms with van der Waals surface area (Å²) in [5.74, 6) is 0.0521. The third kappa shape index (κ3) is 4.07. The number of carbonyl (C=O) groups is 1. The molecule has 0 aliphatic carbocycles. The van der Waals surface area contributed by atoms with E-state index in [1.165, 1.54) is 0 Å². The number of hydrogen-bond donors (Lipinski definition) is 2. The van der Waals surface area contributed by atoms with Crippen molar-refractivity contribution in [1.82, 2.24) is 5.32 Å². The molecule has 0 bridgehead atoms. The quantitative estimate of drug-likeness (QED) is 0.667. The fourth-order valence-corrected chi connectivity index (χ4v) is 3.69. The van der Waals surface area contributed by atoms with Gasteiger partial charge < -0.3 is 15.2 Å². The van der Waals surface area contributed by atoms with Gasteiger partial charge in [-0.05, 0) is 53.9 Å². The van der Waals surface area contributed by atoms with E-state index in [0.717, 1.165) is 29.7 Å². The average molecular weight is 373 g/mol. The number of carbonyl (C=O) groups excluding carboxylic acids is 1. The topological polar surface area (TPSA) is 58.6 Å². The van der Waals surface area contributed by atoms with E-state index in [4.69, 9.17) is 4.74 Å². The van der Waals surface area contributed by atoms with Crippen LogP contribution in [-0.2, 0) is 4.74 Å². The van der Waals surface area contributed by atoms with Gasteiger partial charge in [-0.3, -0.25) is 0 Å². The molecule has 3 aromatic carbocycles. The van der Waals surface area contributed by atoms with Crippen LogP contribution in [0.3, 0.4) is 0 Å². The highest BCUT2D eigenvalue weighted by atomic mass is 16.5. The minimum absolute atomic E-state index is 0.120. The fourth-order valence-electron chi connectivity index (χ4n) is 3.69. The SMILES string of the molecule is O=C(O[C@H]1CNCCC1c1ccc(O)cc1)c1ccc(-c2ccccc2)cc1. The van der Waals surface area contributed by atoms with Gasteiger partial charge in [0.15, 0.2) is 0 Å². The van der Waals surface area contributed by atoms with Gasteiger partial charge in [0.1, 0.15) is 11.9 Å². The van der Waals surface area contributed by atoms with Crippen molar-refractivity contribution in [3.63, 3.8) is 0 Å². The number of rotatable bonds is 4. The number of phenolic OH excluding ortho intramolecular Hbond substituents is 1. The Hall–Kier alpha value is -3.11. The van der Waals surface area contributed by atoms with Crippen LogP contribution in [0, 0.1) is 0 Å². The van der Waals surface area contributed by atoms with E-state index >= 15 is 0 Å². The molecule has 1 heterocycles. The largest absolute Gasteiger partial charge is 0.508 e. The van der Waals surface area contributed by atoms with Gasteiger partial charge in [-0.15, -0.1) is 0 Å². The summed E-state index contributed by atoms with van der Waals surface area (Å²) in [5.41, 5.74) is 3.82. The molecular weight excluding hydrogens is 350 g/mol. The standard InChI is InChI=1S/C24H23NO3/c26-21-12-10-19(11-13-21)22-14-15-25-16-23(22)28-24(27)20-8-6-18(7-9-20)17-4-2-1-3-5-17/h1-13,22-23,25-26H,14-16H2/t22?,23-/m0/s1. The molecule has 0 saturated carbocycles. The lowest BCUT2D eigenvalue weighted by Crippen LogP contribution is -2.42. The number of aromatic hydroxyl groups is 1. The molecule has 3 aromatic rings. The Bertz CT molecular complexity index is 920. The van der Waals surface area contributed by atoms with Gasteiger partial charge in [0.05, 0.1) is 5.56 Å². The second-order valence-corrected chi connectivity index (χ2v) is 7.08. The number of hydrogen-bond acceptors (Lipinski definition) is 4. The highest BCUT2D eigenvalue weighted by Gasteiger charge is 2.29. The van der Waals surface area contributed by atoms with Crippen LogP contribution in [0.15, 0.2) is 78.9 Å². The fraction of sp³-hybridized carbons (Fsp3) is 0.208. The van der Waals surface area contributed by atoms with Gasteiger partial charge in [-0.25, -0.2) is 4.79 Å². The van der Waals surface area contributed by atoms with E-state index in [0.29, 0.717) is 12.1 Å². The maximum atomic E-state index is 12.7. The van der Waals surface area contributed by atoms with Crippen LogP contribution in [0.2, 0.25) is 0 Å². The third-order valence-corrected chi connectivity index (χ3v) is 5.23. The number of piperidine rings is 1. The molecule has 1 fully saturated rings. The van der Waals surface area contributed by atoms with Gasteiger partial charge in [0.25, 0.3) is 0 Å². The zero-order valence-corrected chi connectivity index (χ0v) is 15.5. The number of esters is 1. The molecule has 1 aliphatic rings. The van der Waals surface area contributed by atoms with E-state index in [2.05, 4.69) is 5.32 Å². The van der Waals surface area contributed by atoms with Gasteiger partial charge in [-0.1, -0.05) is 54.6 Å². The molecule has 0 radical (unpaired) electrons. The Morgan fingerprint density at radius 1 is 0.893 bits per heavy atom. The lowest BCUT2D eigenvalue weighted by Gasteiger charge is -2.32. The molecule has 2 atom stereocenters. The van der Waals surface area contributed by atoms with Crippen molar-refractivity contribution in [2.45, 2.75) is 18.4 Å². The molecule has 142 valence electrons. The van der Waals surface area contributed by atoms with E-state index in [-0.39, 0.29) is 23.7 Å². The summed E-state index contributed by atoms with van der Waals surface area (Å²) < 4.78 is 5.86. The first-order valence-electron chi connectivity index (χ1n) is 9.57. The Morgan fingerprint density at radius 2 is 1.57 bits per heavy atom. The summed E-state index contributed by atoms with van der Waals surface area (Å²) >= 11 is 0. The van der Waals surface area contributed by atoms with Crippen LogP contribution in [0.5, 0.6) is 5.75 Å². The van der Waals surface area contributed by atoms with Crippen LogP contribution in [0.4, 0.5) is 0 Å². The van der Waals surface area contributed by atoms with Gasteiger partial charge in [0.2, 0.25) is 0 Å². The molecular formula is C24H23NO3. The van der Waals surface area contributed by atoms with E-state index in [1.54, 1.807) is 12.1 Å². The first-order chi connectivity index (χ1) is 13.7.